The fourth-order valence-electron chi connectivity index (χ4n) is 3.38. The summed E-state index contributed by atoms with van der Waals surface area (Å²) in [7, 11) is 0. The molecule has 1 atom stereocenters. The van der Waals surface area contributed by atoms with Crippen LogP contribution in [0.2, 0.25) is 0 Å². The zero-order chi connectivity index (χ0) is 16.7. The molecule has 0 aromatic carbocycles. The van der Waals surface area contributed by atoms with Crippen molar-refractivity contribution < 1.29 is 9.21 Å². The topological polar surface area (TPSA) is 76.5 Å². The van der Waals surface area contributed by atoms with E-state index in [9.17, 15) is 4.79 Å². The van der Waals surface area contributed by atoms with Crippen LogP contribution < -0.4 is 0 Å². The Balaban J connectivity index is 1.73. The quantitative estimate of drug-likeness (QED) is 0.724. The van der Waals surface area contributed by atoms with Crippen molar-refractivity contribution in [2.75, 3.05) is 6.54 Å². The van der Waals surface area contributed by atoms with Crippen LogP contribution in [0, 0.1) is 13.8 Å². The number of carbonyl (C=O) groups excluding carboxylic acids is 1. The Hall–Kier alpha value is -2.70. The molecule has 124 valence electrons. The average molecular weight is 325 g/mol. The molecule has 0 bridgehead atoms. The first-order valence-corrected chi connectivity index (χ1v) is 8.17. The van der Waals surface area contributed by atoms with Crippen LogP contribution in [0.4, 0.5) is 0 Å². The lowest BCUT2D eigenvalue weighted by Gasteiger charge is -2.35. The van der Waals surface area contributed by atoms with Crippen LogP contribution in [-0.2, 0) is 0 Å². The van der Waals surface area contributed by atoms with Crippen molar-refractivity contribution in [2.24, 2.45) is 0 Å². The molecule has 0 spiro atoms. The summed E-state index contributed by atoms with van der Waals surface area (Å²) in [5.41, 5.74) is 2.56. The van der Waals surface area contributed by atoms with Crippen molar-refractivity contribution in [3.05, 3.63) is 47.7 Å². The van der Waals surface area contributed by atoms with Crippen LogP contribution in [0.25, 0.3) is 5.78 Å². The predicted octanol–water partition coefficient (Wildman–Crippen LogP) is 2.70. The van der Waals surface area contributed by atoms with E-state index < -0.39 is 0 Å². The summed E-state index contributed by atoms with van der Waals surface area (Å²) in [6.07, 6.45) is 7.90. The highest BCUT2D eigenvalue weighted by molar-refractivity contribution is 5.92. The van der Waals surface area contributed by atoms with E-state index in [-0.39, 0.29) is 11.9 Å². The minimum Gasteiger partial charge on any atom is -0.438 e. The van der Waals surface area contributed by atoms with Gasteiger partial charge in [-0.3, -0.25) is 9.20 Å². The van der Waals surface area contributed by atoms with Crippen molar-refractivity contribution in [1.29, 1.82) is 0 Å². The number of oxazole rings is 1. The standard InChI is InChI=1S/C17H19N5O2/c1-11-9-13(20-17-18-6-8-21(11)17)14-5-3-4-7-22(14)16(23)15-12(2)19-10-24-15/h6,8-10,14H,3-5,7H2,1-2H3/t14-/m0/s1. The molecule has 0 saturated carbocycles. The van der Waals surface area contributed by atoms with Gasteiger partial charge in [-0.1, -0.05) is 0 Å². The lowest BCUT2D eigenvalue weighted by molar-refractivity contribution is 0.0572. The van der Waals surface area contributed by atoms with Gasteiger partial charge < -0.3 is 9.32 Å². The molecule has 1 fully saturated rings. The Morgan fingerprint density at radius 3 is 2.96 bits per heavy atom. The zero-order valence-corrected chi connectivity index (χ0v) is 13.8. The normalized spacial score (nSPS) is 18.2. The van der Waals surface area contributed by atoms with Crippen LogP contribution in [0.15, 0.2) is 29.3 Å². The van der Waals surface area contributed by atoms with Crippen LogP contribution >= 0.6 is 0 Å². The summed E-state index contributed by atoms with van der Waals surface area (Å²) in [5.74, 6) is 0.872. The van der Waals surface area contributed by atoms with Gasteiger partial charge in [-0.15, -0.1) is 0 Å². The molecule has 0 radical (unpaired) electrons. The number of nitrogens with zero attached hydrogens (tertiary/aromatic N) is 5. The summed E-state index contributed by atoms with van der Waals surface area (Å²) in [6.45, 7) is 4.51. The van der Waals surface area contributed by atoms with E-state index in [2.05, 4.69) is 15.0 Å². The van der Waals surface area contributed by atoms with E-state index in [1.54, 1.807) is 13.1 Å². The summed E-state index contributed by atoms with van der Waals surface area (Å²) in [5, 5.41) is 0. The van der Waals surface area contributed by atoms with E-state index in [4.69, 9.17) is 4.42 Å². The highest BCUT2D eigenvalue weighted by Gasteiger charge is 2.32. The number of piperidine rings is 1. The molecule has 0 N–H and O–H groups in total. The largest absolute Gasteiger partial charge is 0.438 e. The highest BCUT2D eigenvalue weighted by Crippen LogP contribution is 2.32. The fourth-order valence-corrected chi connectivity index (χ4v) is 3.38. The Labute approximate surface area is 139 Å². The predicted molar refractivity (Wildman–Crippen MR) is 86.6 cm³/mol. The number of carbonyl (C=O) groups is 1. The second-order valence-electron chi connectivity index (χ2n) is 6.20. The number of hydrogen-bond acceptors (Lipinski definition) is 5. The lowest BCUT2D eigenvalue weighted by atomic mass is 9.98. The van der Waals surface area contributed by atoms with Crippen molar-refractivity contribution >= 4 is 11.7 Å². The number of amides is 1. The molecule has 1 saturated heterocycles. The zero-order valence-electron chi connectivity index (χ0n) is 13.8. The first-order chi connectivity index (χ1) is 11.6. The molecule has 1 aliphatic rings. The van der Waals surface area contributed by atoms with E-state index in [0.717, 1.165) is 30.7 Å². The molecule has 0 aliphatic carbocycles. The van der Waals surface area contributed by atoms with Crippen molar-refractivity contribution in [3.8, 4) is 0 Å². The first-order valence-electron chi connectivity index (χ1n) is 8.17. The number of imidazole rings is 1. The van der Waals surface area contributed by atoms with Gasteiger partial charge >= 0.3 is 0 Å². The maximum Gasteiger partial charge on any atom is 0.292 e. The van der Waals surface area contributed by atoms with E-state index in [1.165, 1.54) is 6.39 Å². The monoisotopic (exact) mass is 325 g/mol. The summed E-state index contributed by atoms with van der Waals surface area (Å²) >= 11 is 0. The van der Waals surface area contributed by atoms with Gasteiger partial charge in [-0.05, 0) is 39.2 Å². The number of aromatic nitrogens is 4. The number of likely N-dealkylation sites (tertiary alicyclic amines) is 1. The molecule has 4 heterocycles. The van der Waals surface area contributed by atoms with Gasteiger partial charge in [0.2, 0.25) is 11.5 Å². The maximum absolute atomic E-state index is 12.9. The van der Waals surface area contributed by atoms with Gasteiger partial charge in [0.1, 0.15) is 0 Å². The summed E-state index contributed by atoms with van der Waals surface area (Å²) < 4.78 is 7.25. The lowest BCUT2D eigenvalue weighted by Crippen LogP contribution is -2.39. The molecule has 3 aromatic heterocycles. The Morgan fingerprint density at radius 1 is 1.29 bits per heavy atom. The molecule has 4 rings (SSSR count). The third kappa shape index (κ3) is 2.36. The van der Waals surface area contributed by atoms with Crippen LogP contribution in [0.1, 0.15) is 52.9 Å². The molecule has 3 aromatic rings. The molecule has 7 nitrogen and oxygen atoms in total. The fraction of sp³-hybridized carbons (Fsp3) is 0.412. The number of rotatable bonds is 2. The van der Waals surface area contributed by atoms with Gasteiger partial charge in [0.15, 0.2) is 6.39 Å². The molecule has 1 amide bonds. The Bertz CT molecular complexity index is 897. The second kappa shape index (κ2) is 5.74. The summed E-state index contributed by atoms with van der Waals surface area (Å²) in [6, 6.07) is 1.98. The Kier molecular flexibility index (Phi) is 3.55. The smallest absolute Gasteiger partial charge is 0.292 e. The minimum atomic E-state index is -0.114. The molecular formula is C17H19N5O2. The molecule has 1 aliphatic heterocycles. The molecule has 24 heavy (non-hydrogen) atoms. The molecular weight excluding hydrogens is 306 g/mol. The third-order valence-corrected chi connectivity index (χ3v) is 4.63. The van der Waals surface area contributed by atoms with Crippen LogP contribution in [0.3, 0.4) is 0 Å². The van der Waals surface area contributed by atoms with Crippen LogP contribution in [-0.4, -0.2) is 36.7 Å². The third-order valence-electron chi connectivity index (χ3n) is 4.63. The van der Waals surface area contributed by atoms with Gasteiger partial charge in [0, 0.05) is 24.6 Å². The van der Waals surface area contributed by atoms with Gasteiger partial charge in [-0.2, -0.15) is 0 Å². The van der Waals surface area contributed by atoms with Gasteiger partial charge in [-0.25, -0.2) is 15.0 Å². The SMILES string of the molecule is Cc1ncoc1C(=O)N1CCCC[C@H]1c1cc(C)n2ccnc2n1. The highest BCUT2D eigenvalue weighted by atomic mass is 16.3. The van der Waals surface area contributed by atoms with Crippen molar-refractivity contribution in [2.45, 2.75) is 39.2 Å². The maximum atomic E-state index is 12.9. The van der Waals surface area contributed by atoms with E-state index >= 15 is 0 Å². The van der Waals surface area contributed by atoms with E-state index in [1.807, 2.05) is 28.5 Å². The number of hydrogen-bond donors (Lipinski definition) is 0. The summed E-state index contributed by atoms with van der Waals surface area (Å²) in [4.78, 5) is 27.8. The minimum absolute atomic E-state index is 0.0591. The Morgan fingerprint density at radius 2 is 2.17 bits per heavy atom. The number of fused-ring (bicyclic) bond motifs is 1. The second-order valence-corrected chi connectivity index (χ2v) is 6.20. The first kappa shape index (κ1) is 14.9. The molecule has 7 heteroatoms. The van der Waals surface area contributed by atoms with Gasteiger partial charge in [0.25, 0.3) is 5.91 Å². The van der Waals surface area contributed by atoms with Crippen LogP contribution in [0.5, 0.6) is 0 Å². The average Bonchev–Trinajstić information content (AvgIpc) is 3.23. The molecule has 0 unspecified atom stereocenters. The van der Waals surface area contributed by atoms with E-state index in [0.29, 0.717) is 23.8 Å². The van der Waals surface area contributed by atoms with Gasteiger partial charge in [0.05, 0.1) is 17.4 Å². The van der Waals surface area contributed by atoms with Crippen molar-refractivity contribution in [3.63, 3.8) is 0 Å². The number of aryl methyl sites for hydroxylation is 2. The van der Waals surface area contributed by atoms with Crippen molar-refractivity contribution in [1.82, 2.24) is 24.3 Å².